The molecule has 0 fully saturated rings. The summed E-state index contributed by atoms with van der Waals surface area (Å²) in [7, 11) is -1.12. The van der Waals surface area contributed by atoms with Crippen LogP contribution in [0.1, 0.15) is 4.88 Å². The summed E-state index contributed by atoms with van der Waals surface area (Å²) < 4.78 is 37.0. The number of hydrogen-bond donors (Lipinski definition) is 1. The largest absolute Gasteiger partial charge is 0.497 e. The molecule has 2 aromatic rings. The SMILES string of the molecule is COC(=O)C(Cc1cccs1)NS(=O)(=O)c1ccc(OC)cc1. The zero-order valence-corrected chi connectivity index (χ0v) is 14.3. The van der Waals surface area contributed by atoms with Gasteiger partial charge >= 0.3 is 5.97 Å². The highest BCUT2D eigenvalue weighted by Crippen LogP contribution is 2.17. The highest BCUT2D eigenvalue weighted by molar-refractivity contribution is 7.89. The molecule has 23 heavy (non-hydrogen) atoms. The monoisotopic (exact) mass is 355 g/mol. The first kappa shape index (κ1) is 17.5. The minimum Gasteiger partial charge on any atom is -0.497 e. The predicted molar refractivity (Wildman–Crippen MR) is 87.1 cm³/mol. The van der Waals surface area contributed by atoms with E-state index in [1.54, 1.807) is 12.1 Å². The maximum Gasteiger partial charge on any atom is 0.324 e. The lowest BCUT2D eigenvalue weighted by molar-refractivity contribution is -0.142. The van der Waals surface area contributed by atoms with Crippen molar-refractivity contribution in [1.82, 2.24) is 4.72 Å². The first-order valence-electron chi connectivity index (χ1n) is 6.73. The molecule has 0 bridgehead atoms. The first-order valence-corrected chi connectivity index (χ1v) is 9.09. The summed E-state index contributed by atoms with van der Waals surface area (Å²) in [5, 5.41) is 1.86. The smallest absolute Gasteiger partial charge is 0.324 e. The van der Waals surface area contributed by atoms with Crippen molar-refractivity contribution in [3.63, 3.8) is 0 Å². The Morgan fingerprint density at radius 1 is 1.22 bits per heavy atom. The van der Waals surface area contributed by atoms with Gasteiger partial charge in [-0.25, -0.2) is 8.42 Å². The summed E-state index contributed by atoms with van der Waals surface area (Å²) in [4.78, 5) is 12.8. The summed E-state index contributed by atoms with van der Waals surface area (Å²) in [6.07, 6.45) is 0.236. The van der Waals surface area contributed by atoms with Crippen molar-refractivity contribution in [2.24, 2.45) is 0 Å². The van der Waals surface area contributed by atoms with E-state index in [1.807, 2.05) is 17.5 Å². The molecule has 1 unspecified atom stereocenters. The summed E-state index contributed by atoms with van der Waals surface area (Å²) in [6.45, 7) is 0. The second-order valence-corrected chi connectivity index (χ2v) is 7.40. The molecular weight excluding hydrogens is 338 g/mol. The van der Waals surface area contributed by atoms with Gasteiger partial charge in [-0.1, -0.05) is 6.07 Å². The number of ether oxygens (including phenoxy) is 2. The first-order chi connectivity index (χ1) is 11.0. The molecule has 1 aromatic carbocycles. The second kappa shape index (κ2) is 7.58. The van der Waals surface area contributed by atoms with Crippen molar-refractivity contribution < 1.29 is 22.7 Å². The third-order valence-electron chi connectivity index (χ3n) is 3.14. The van der Waals surface area contributed by atoms with Crippen LogP contribution in [0.2, 0.25) is 0 Å². The minimum atomic E-state index is -3.84. The fraction of sp³-hybridized carbons (Fsp3) is 0.267. The normalized spacial score (nSPS) is 12.6. The Bertz CT molecular complexity index is 739. The van der Waals surface area contributed by atoms with Crippen LogP contribution in [0, 0.1) is 0 Å². The molecule has 0 amide bonds. The van der Waals surface area contributed by atoms with Crippen LogP contribution in [0.4, 0.5) is 0 Å². The third-order valence-corrected chi connectivity index (χ3v) is 5.52. The Morgan fingerprint density at radius 3 is 2.43 bits per heavy atom. The Morgan fingerprint density at radius 2 is 1.91 bits per heavy atom. The molecule has 2 rings (SSSR count). The lowest BCUT2D eigenvalue weighted by Gasteiger charge is -2.16. The van der Waals surface area contributed by atoms with Crippen LogP contribution in [-0.4, -0.2) is 34.6 Å². The van der Waals surface area contributed by atoms with Gasteiger partial charge in [0.2, 0.25) is 10.0 Å². The van der Waals surface area contributed by atoms with E-state index >= 15 is 0 Å². The van der Waals surface area contributed by atoms with Crippen molar-refractivity contribution >= 4 is 27.3 Å². The minimum absolute atomic E-state index is 0.0541. The van der Waals surface area contributed by atoms with E-state index in [2.05, 4.69) is 4.72 Å². The van der Waals surface area contributed by atoms with Crippen LogP contribution in [0.3, 0.4) is 0 Å². The van der Waals surface area contributed by atoms with Crippen molar-refractivity contribution in [2.75, 3.05) is 14.2 Å². The number of rotatable bonds is 7. The standard InChI is InChI=1S/C15H17NO5S2/c1-20-11-5-7-13(8-6-11)23(18,19)16-14(15(17)21-2)10-12-4-3-9-22-12/h3-9,14,16H,10H2,1-2H3. The van der Waals surface area contributed by atoms with E-state index in [0.717, 1.165) is 4.88 Å². The second-order valence-electron chi connectivity index (χ2n) is 4.66. The van der Waals surface area contributed by atoms with Crippen LogP contribution in [0.5, 0.6) is 5.75 Å². The summed E-state index contributed by atoms with van der Waals surface area (Å²) in [6, 6.07) is 8.61. The maximum absolute atomic E-state index is 12.4. The van der Waals surface area contributed by atoms with E-state index in [4.69, 9.17) is 9.47 Å². The fourth-order valence-corrected chi connectivity index (χ4v) is 3.89. The summed E-state index contributed by atoms with van der Waals surface area (Å²) in [5.74, 6) is -0.0810. The number of carbonyl (C=O) groups is 1. The van der Waals surface area contributed by atoms with Crippen LogP contribution in [0.25, 0.3) is 0 Å². The molecule has 0 radical (unpaired) electrons. The molecule has 8 heteroatoms. The van der Waals surface area contributed by atoms with Gasteiger partial charge in [0.25, 0.3) is 0 Å². The van der Waals surface area contributed by atoms with E-state index < -0.39 is 22.0 Å². The van der Waals surface area contributed by atoms with Gasteiger partial charge in [0.05, 0.1) is 19.1 Å². The van der Waals surface area contributed by atoms with Crippen LogP contribution < -0.4 is 9.46 Å². The van der Waals surface area contributed by atoms with E-state index in [9.17, 15) is 13.2 Å². The molecule has 0 aliphatic rings. The molecule has 124 valence electrons. The molecule has 1 aromatic heterocycles. The number of thiophene rings is 1. The lowest BCUT2D eigenvalue weighted by Crippen LogP contribution is -2.42. The van der Waals surface area contributed by atoms with Crippen molar-refractivity contribution in [1.29, 1.82) is 0 Å². The lowest BCUT2D eigenvalue weighted by atomic mass is 10.2. The van der Waals surface area contributed by atoms with Gasteiger partial charge in [0, 0.05) is 11.3 Å². The predicted octanol–water partition coefficient (Wildman–Crippen LogP) is 1.82. The number of esters is 1. The third kappa shape index (κ3) is 4.54. The number of methoxy groups -OCH3 is 2. The molecule has 0 saturated carbocycles. The zero-order valence-electron chi connectivity index (χ0n) is 12.7. The van der Waals surface area contributed by atoms with Crippen molar-refractivity contribution in [3.8, 4) is 5.75 Å². The van der Waals surface area contributed by atoms with Crippen LogP contribution in [0.15, 0.2) is 46.7 Å². The Labute approximate surface area is 139 Å². The average molecular weight is 355 g/mol. The van der Waals surface area contributed by atoms with Gasteiger partial charge in [0.1, 0.15) is 11.8 Å². The number of nitrogens with one attached hydrogen (secondary N) is 1. The van der Waals surface area contributed by atoms with Gasteiger partial charge < -0.3 is 9.47 Å². The van der Waals surface area contributed by atoms with E-state index in [0.29, 0.717) is 5.75 Å². The molecule has 0 aliphatic carbocycles. The zero-order chi connectivity index (χ0) is 16.9. The van der Waals surface area contributed by atoms with Crippen LogP contribution >= 0.6 is 11.3 Å². The van der Waals surface area contributed by atoms with Gasteiger partial charge in [-0.3, -0.25) is 4.79 Å². The average Bonchev–Trinajstić information content (AvgIpc) is 3.06. The van der Waals surface area contributed by atoms with Gasteiger partial charge in [-0.15, -0.1) is 11.3 Å². The van der Waals surface area contributed by atoms with Gasteiger partial charge in [-0.2, -0.15) is 4.72 Å². The Hall–Kier alpha value is -1.90. The van der Waals surface area contributed by atoms with Gasteiger partial charge in [0.15, 0.2) is 0 Å². The Kier molecular flexibility index (Phi) is 5.75. The molecular formula is C15H17NO5S2. The number of hydrogen-bond acceptors (Lipinski definition) is 6. The van der Waals surface area contributed by atoms with Crippen LogP contribution in [-0.2, 0) is 26.0 Å². The molecule has 6 nitrogen and oxygen atoms in total. The summed E-state index contributed by atoms with van der Waals surface area (Å²) in [5.41, 5.74) is 0. The Balaban J connectivity index is 2.20. The molecule has 1 atom stereocenters. The molecule has 0 saturated heterocycles. The highest BCUT2D eigenvalue weighted by atomic mass is 32.2. The molecule has 1 heterocycles. The fourth-order valence-electron chi connectivity index (χ4n) is 1.96. The number of carbonyl (C=O) groups excluding carboxylic acids is 1. The maximum atomic E-state index is 12.4. The molecule has 0 spiro atoms. The highest BCUT2D eigenvalue weighted by Gasteiger charge is 2.27. The molecule has 1 N–H and O–H groups in total. The van der Waals surface area contributed by atoms with Crippen molar-refractivity contribution in [3.05, 3.63) is 46.7 Å². The molecule has 0 aliphatic heterocycles. The van der Waals surface area contributed by atoms with E-state index in [1.165, 1.54) is 37.7 Å². The topological polar surface area (TPSA) is 81.7 Å². The quantitative estimate of drug-likeness (QED) is 0.766. The number of benzene rings is 1. The number of sulfonamides is 1. The van der Waals surface area contributed by atoms with Crippen molar-refractivity contribution in [2.45, 2.75) is 17.4 Å². The van der Waals surface area contributed by atoms with Gasteiger partial charge in [-0.05, 0) is 35.7 Å². The summed E-state index contributed by atoms with van der Waals surface area (Å²) >= 11 is 1.45. The van der Waals surface area contributed by atoms with E-state index in [-0.39, 0.29) is 11.3 Å².